The third kappa shape index (κ3) is 7.16. The monoisotopic (exact) mass is 362 g/mol. The van der Waals surface area contributed by atoms with Gasteiger partial charge in [-0.25, -0.2) is 0 Å². The van der Waals surface area contributed by atoms with Crippen molar-refractivity contribution in [2.75, 3.05) is 32.8 Å². The summed E-state index contributed by atoms with van der Waals surface area (Å²) in [7, 11) is 0. The van der Waals surface area contributed by atoms with Crippen molar-refractivity contribution >= 4 is 18.3 Å². The number of hydrogen-bond donors (Lipinski definition) is 1. The maximum absolute atomic E-state index is 11.8. The van der Waals surface area contributed by atoms with Gasteiger partial charge in [0.25, 0.3) is 5.91 Å². The van der Waals surface area contributed by atoms with E-state index >= 15 is 0 Å². The third-order valence-corrected chi connectivity index (χ3v) is 3.98. The molecule has 0 aromatic heterocycles. The van der Waals surface area contributed by atoms with E-state index in [4.69, 9.17) is 4.74 Å². The number of nitrogens with zero attached hydrogens (tertiary/aromatic N) is 1. The quantitative estimate of drug-likeness (QED) is 0.740. The highest BCUT2D eigenvalue weighted by Crippen LogP contribution is 2.21. The number of amides is 1. The van der Waals surface area contributed by atoms with Crippen molar-refractivity contribution in [1.82, 2.24) is 10.2 Å². The minimum atomic E-state index is -0.0886. The van der Waals surface area contributed by atoms with Gasteiger partial charge < -0.3 is 15.0 Å². The normalized spacial score (nSPS) is 10.2. The molecule has 2 aromatic rings. The highest BCUT2D eigenvalue weighted by molar-refractivity contribution is 5.85. The minimum absolute atomic E-state index is 0. The van der Waals surface area contributed by atoms with E-state index in [0.29, 0.717) is 12.3 Å². The highest BCUT2D eigenvalue weighted by atomic mass is 35.5. The second-order valence-corrected chi connectivity index (χ2v) is 5.56. The summed E-state index contributed by atoms with van der Waals surface area (Å²) < 4.78 is 5.54. The summed E-state index contributed by atoms with van der Waals surface area (Å²) in [5, 5.41) is 2.88. The summed E-state index contributed by atoms with van der Waals surface area (Å²) in [6, 6.07) is 18.0. The summed E-state index contributed by atoms with van der Waals surface area (Å²) in [4.78, 5) is 14.1. The van der Waals surface area contributed by atoms with E-state index in [0.717, 1.165) is 30.8 Å². The molecule has 2 rings (SSSR count). The van der Waals surface area contributed by atoms with Gasteiger partial charge in [0.05, 0.1) is 0 Å². The molecule has 0 saturated heterocycles. The lowest BCUT2D eigenvalue weighted by Gasteiger charge is -2.18. The van der Waals surface area contributed by atoms with Gasteiger partial charge in [-0.3, -0.25) is 4.79 Å². The first-order chi connectivity index (χ1) is 11.7. The molecule has 0 saturated carbocycles. The average molecular weight is 363 g/mol. The predicted molar refractivity (Wildman–Crippen MR) is 105 cm³/mol. The van der Waals surface area contributed by atoms with Crippen LogP contribution in [0.4, 0.5) is 0 Å². The SMILES string of the molecule is CCN(CC)CCNC(=O)COc1ccc(-c2ccccc2)cc1.Cl. The Morgan fingerprint density at radius 2 is 1.56 bits per heavy atom. The zero-order valence-corrected chi connectivity index (χ0v) is 15.7. The number of nitrogens with one attached hydrogen (secondary N) is 1. The van der Waals surface area contributed by atoms with E-state index in [1.807, 2.05) is 42.5 Å². The Hall–Kier alpha value is -2.04. The highest BCUT2D eigenvalue weighted by Gasteiger charge is 2.04. The molecule has 0 aliphatic rings. The number of carbonyl (C=O) groups is 1. The fraction of sp³-hybridized carbons (Fsp3) is 0.350. The van der Waals surface area contributed by atoms with Crippen molar-refractivity contribution in [3.05, 3.63) is 54.6 Å². The number of carbonyl (C=O) groups excluding carboxylic acids is 1. The molecule has 0 radical (unpaired) electrons. The topological polar surface area (TPSA) is 41.6 Å². The van der Waals surface area contributed by atoms with E-state index < -0.39 is 0 Å². The first kappa shape index (κ1) is 21.0. The molecule has 0 atom stereocenters. The Kier molecular flexibility index (Phi) is 9.66. The van der Waals surface area contributed by atoms with Crippen LogP contribution in [0.15, 0.2) is 54.6 Å². The summed E-state index contributed by atoms with van der Waals surface area (Å²) in [5.41, 5.74) is 2.30. The number of rotatable bonds is 9. The molecule has 0 aliphatic heterocycles. The van der Waals surface area contributed by atoms with Crippen LogP contribution >= 0.6 is 12.4 Å². The Morgan fingerprint density at radius 1 is 0.960 bits per heavy atom. The lowest BCUT2D eigenvalue weighted by molar-refractivity contribution is -0.123. The van der Waals surface area contributed by atoms with Crippen LogP contribution in [0.5, 0.6) is 5.75 Å². The molecule has 1 amide bonds. The number of hydrogen-bond acceptors (Lipinski definition) is 3. The Balaban J connectivity index is 0.00000312. The first-order valence-corrected chi connectivity index (χ1v) is 8.50. The summed E-state index contributed by atoms with van der Waals surface area (Å²) >= 11 is 0. The van der Waals surface area contributed by atoms with Crippen LogP contribution < -0.4 is 10.1 Å². The van der Waals surface area contributed by atoms with Crippen molar-refractivity contribution in [3.63, 3.8) is 0 Å². The molecule has 0 heterocycles. The van der Waals surface area contributed by atoms with Crippen molar-refractivity contribution < 1.29 is 9.53 Å². The summed E-state index contributed by atoms with van der Waals surface area (Å²) in [6.45, 7) is 7.79. The number of ether oxygens (including phenoxy) is 1. The van der Waals surface area contributed by atoms with E-state index in [1.54, 1.807) is 0 Å². The van der Waals surface area contributed by atoms with Crippen molar-refractivity contribution in [2.45, 2.75) is 13.8 Å². The lowest BCUT2D eigenvalue weighted by Crippen LogP contribution is -2.36. The van der Waals surface area contributed by atoms with E-state index in [-0.39, 0.29) is 24.9 Å². The molecule has 25 heavy (non-hydrogen) atoms. The molecule has 0 unspecified atom stereocenters. The molecule has 0 aliphatic carbocycles. The van der Waals surface area contributed by atoms with E-state index in [9.17, 15) is 4.79 Å². The molecular formula is C20H27ClN2O2. The zero-order chi connectivity index (χ0) is 17.2. The van der Waals surface area contributed by atoms with Crippen molar-refractivity contribution in [2.24, 2.45) is 0 Å². The molecule has 0 spiro atoms. The van der Waals surface area contributed by atoms with Gasteiger partial charge in [0.2, 0.25) is 0 Å². The summed E-state index contributed by atoms with van der Waals surface area (Å²) in [6.07, 6.45) is 0. The van der Waals surface area contributed by atoms with Crippen LogP contribution in [-0.4, -0.2) is 43.6 Å². The van der Waals surface area contributed by atoms with Crippen LogP contribution in [0.3, 0.4) is 0 Å². The fourth-order valence-corrected chi connectivity index (χ4v) is 2.47. The Bertz CT molecular complexity index is 613. The summed E-state index contributed by atoms with van der Waals surface area (Å²) in [5.74, 6) is 0.614. The van der Waals surface area contributed by atoms with Crippen molar-refractivity contribution in [3.8, 4) is 16.9 Å². The standard InChI is InChI=1S/C20H26N2O2.ClH/c1-3-22(4-2)15-14-21-20(23)16-24-19-12-10-18(11-13-19)17-8-6-5-7-9-17;/h5-13H,3-4,14-16H2,1-2H3,(H,21,23);1H. The van der Waals surface area contributed by atoms with Gasteiger partial charge in [-0.2, -0.15) is 0 Å². The average Bonchev–Trinajstić information content (AvgIpc) is 2.65. The second kappa shape index (κ2) is 11.5. The molecule has 0 bridgehead atoms. The third-order valence-electron chi connectivity index (χ3n) is 3.98. The van der Waals surface area contributed by atoms with Crippen molar-refractivity contribution in [1.29, 1.82) is 0 Å². The minimum Gasteiger partial charge on any atom is -0.484 e. The zero-order valence-electron chi connectivity index (χ0n) is 14.9. The molecule has 136 valence electrons. The number of halogens is 1. The van der Waals surface area contributed by atoms with E-state index in [2.05, 4.69) is 36.2 Å². The number of benzene rings is 2. The molecule has 5 heteroatoms. The molecule has 2 aromatic carbocycles. The van der Waals surface area contributed by atoms with E-state index in [1.165, 1.54) is 0 Å². The van der Waals surface area contributed by atoms with Gasteiger partial charge >= 0.3 is 0 Å². The van der Waals surface area contributed by atoms with Gasteiger partial charge in [-0.1, -0.05) is 56.3 Å². The van der Waals surface area contributed by atoms with Gasteiger partial charge in [0.15, 0.2) is 6.61 Å². The second-order valence-electron chi connectivity index (χ2n) is 5.56. The maximum atomic E-state index is 11.8. The van der Waals surface area contributed by atoms with Gasteiger partial charge in [-0.05, 0) is 36.3 Å². The smallest absolute Gasteiger partial charge is 0.257 e. The van der Waals surface area contributed by atoms with Crippen LogP contribution in [0, 0.1) is 0 Å². The maximum Gasteiger partial charge on any atom is 0.257 e. The molecular weight excluding hydrogens is 336 g/mol. The van der Waals surface area contributed by atoms with Crippen LogP contribution in [0.25, 0.3) is 11.1 Å². The Morgan fingerprint density at radius 3 is 2.16 bits per heavy atom. The first-order valence-electron chi connectivity index (χ1n) is 8.50. The fourth-order valence-electron chi connectivity index (χ4n) is 2.47. The Labute approximate surface area is 156 Å². The predicted octanol–water partition coefficient (Wildman–Crippen LogP) is 3.61. The van der Waals surface area contributed by atoms with Crippen LogP contribution in [-0.2, 0) is 4.79 Å². The van der Waals surface area contributed by atoms with Crippen LogP contribution in [0.2, 0.25) is 0 Å². The molecule has 4 nitrogen and oxygen atoms in total. The van der Waals surface area contributed by atoms with Crippen LogP contribution in [0.1, 0.15) is 13.8 Å². The van der Waals surface area contributed by atoms with Gasteiger partial charge in [0.1, 0.15) is 5.75 Å². The lowest BCUT2D eigenvalue weighted by atomic mass is 10.1. The van der Waals surface area contributed by atoms with Gasteiger partial charge in [-0.15, -0.1) is 12.4 Å². The van der Waals surface area contributed by atoms with Gasteiger partial charge in [0, 0.05) is 13.1 Å². The number of likely N-dealkylation sites (N-methyl/N-ethyl adjacent to an activating group) is 1. The molecule has 1 N–H and O–H groups in total. The molecule has 0 fully saturated rings. The largest absolute Gasteiger partial charge is 0.484 e.